The van der Waals surface area contributed by atoms with E-state index in [1.165, 1.54) is 29.2 Å². The van der Waals surface area contributed by atoms with E-state index in [0.29, 0.717) is 5.49 Å². The average molecular weight is 422 g/mol. The Morgan fingerprint density at radius 2 is 1.90 bits per heavy atom. The van der Waals surface area contributed by atoms with Crippen LogP contribution in [0.15, 0.2) is 41.5 Å². The van der Waals surface area contributed by atoms with Crippen molar-refractivity contribution in [1.82, 2.24) is 9.47 Å². The van der Waals surface area contributed by atoms with E-state index in [1.807, 2.05) is 6.92 Å². The molecule has 1 fully saturated rings. The number of amides is 2. The van der Waals surface area contributed by atoms with E-state index in [9.17, 15) is 24.5 Å². The van der Waals surface area contributed by atoms with Gasteiger partial charge in [-0.1, -0.05) is 25.3 Å². The lowest BCUT2D eigenvalue weighted by molar-refractivity contribution is -0.385. The summed E-state index contributed by atoms with van der Waals surface area (Å²) in [6.07, 6.45) is 6.89. The van der Waals surface area contributed by atoms with Crippen LogP contribution in [0.25, 0.3) is 0 Å². The summed E-state index contributed by atoms with van der Waals surface area (Å²) in [5.74, 6) is -2.05. The number of nitro groups is 1. The molecule has 0 bridgehead atoms. The third-order valence-corrected chi connectivity index (χ3v) is 5.72. The van der Waals surface area contributed by atoms with E-state index in [-0.39, 0.29) is 17.2 Å². The minimum atomic E-state index is -0.834. The largest absolute Gasteiger partial charge is 0.282 e. The predicted molar refractivity (Wildman–Crippen MR) is 111 cm³/mol. The van der Waals surface area contributed by atoms with Gasteiger partial charge in [-0.05, 0) is 43.5 Å². The Balaban J connectivity index is 1.64. The van der Waals surface area contributed by atoms with Crippen molar-refractivity contribution in [2.75, 3.05) is 6.54 Å². The summed E-state index contributed by atoms with van der Waals surface area (Å²) in [6, 6.07) is 7.58. The Labute approximate surface area is 178 Å². The van der Waals surface area contributed by atoms with Gasteiger partial charge in [0.05, 0.1) is 16.5 Å². The van der Waals surface area contributed by atoms with Gasteiger partial charge in [-0.25, -0.2) is 0 Å². The maximum absolute atomic E-state index is 13.1. The van der Waals surface area contributed by atoms with Gasteiger partial charge in [-0.15, -0.1) is 0 Å². The number of hydrogen-bond donors (Lipinski definition) is 0. The lowest BCUT2D eigenvalue weighted by Crippen LogP contribution is -2.40. The predicted octanol–water partition coefficient (Wildman–Crippen LogP) is 2.87. The number of benzene rings is 1. The molecule has 9 heteroatoms. The first-order valence-electron chi connectivity index (χ1n) is 10.3. The third kappa shape index (κ3) is 3.90. The molecule has 4 rings (SSSR count). The lowest BCUT2D eigenvalue weighted by Gasteiger charge is -2.18. The zero-order valence-electron chi connectivity index (χ0n) is 17.1. The minimum absolute atomic E-state index is 0.0620. The number of fused-ring (bicyclic) bond motifs is 1. The Hall–Kier alpha value is -3.62. The van der Waals surface area contributed by atoms with Crippen LogP contribution in [0.2, 0.25) is 0 Å². The van der Waals surface area contributed by atoms with Gasteiger partial charge in [0.15, 0.2) is 0 Å². The molecule has 1 aromatic carbocycles. The van der Waals surface area contributed by atoms with Crippen molar-refractivity contribution in [3.05, 3.63) is 68.8 Å². The van der Waals surface area contributed by atoms with E-state index in [0.717, 1.165) is 36.1 Å². The highest BCUT2D eigenvalue weighted by Crippen LogP contribution is 2.30. The Kier molecular flexibility index (Phi) is 5.50. The number of imide groups is 1. The summed E-state index contributed by atoms with van der Waals surface area (Å²) in [5.41, 5.74) is 0.649. The summed E-state index contributed by atoms with van der Waals surface area (Å²) in [6.45, 7) is 1.38. The number of nitro benzene ring substituents is 1. The van der Waals surface area contributed by atoms with Gasteiger partial charge >= 0.3 is 0 Å². The normalized spacial score (nSPS) is 17.2. The van der Waals surface area contributed by atoms with Crippen LogP contribution in [-0.4, -0.2) is 44.7 Å². The molecule has 1 aliphatic carbocycles. The molecule has 0 unspecified atom stereocenters. The van der Waals surface area contributed by atoms with E-state index in [2.05, 4.69) is 0 Å². The van der Waals surface area contributed by atoms with E-state index < -0.39 is 34.9 Å². The molecule has 0 N–H and O–H groups in total. The number of nitrogens with zero attached hydrogens (tertiary/aromatic N) is 4. The molecule has 31 heavy (non-hydrogen) atoms. The van der Waals surface area contributed by atoms with Crippen LogP contribution in [0.5, 0.6) is 0 Å². The van der Waals surface area contributed by atoms with Gasteiger partial charge in [0.2, 0.25) is 0 Å². The number of rotatable bonds is 4. The fourth-order valence-electron chi connectivity index (χ4n) is 4.12. The molecule has 1 aromatic heterocycles. The van der Waals surface area contributed by atoms with Crippen molar-refractivity contribution in [2.45, 2.75) is 45.1 Å². The quantitative estimate of drug-likeness (QED) is 0.427. The molecule has 0 spiro atoms. The first-order chi connectivity index (χ1) is 14.9. The fraction of sp³-hybridized carbons (Fsp3) is 0.364. The van der Waals surface area contributed by atoms with E-state index in [1.54, 1.807) is 18.3 Å². The minimum Gasteiger partial charge on any atom is -0.272 e. The third-order valence-electron chi connectivity index (χ3n) is 5.72. The van der Waals surface area contributed by atoms with E-state index in [4.69, 9.17) is 4.99 Å². The second-order valence-electron chi connectivity index (χ2n) is 7.90. The highest BCUT2D eigenvalue weighted by atomic mass is 16.6. The Bertz CT molecular complexity index is 1160. The molecular formula is C22H22N4O5. The second-order valence-corrected chi connectivity index (χ2v) is 7.90. The van der Waals surface area contributed by atoms with Gasteiger partial charge in [0.1, 0.15) is 17.6 Å². The summed E-state index contributed by atoms with van der Waals surface area (Å²) < 4.78 is 1.35. The van der Waals surface area contributed by atoms with Crippen LogP contribution in [0.3, 0.4) is 0 Å². The molecule has 1 aliphatic heterocycles. The van der Waals surface area contributed by atoms with E-state index >= 15 is 0 Å². The van der Waals surface area contributed by atoms with Gasteiger partial charge in [-0.2, -0.15) is 0 Å². The monoisotopic (exact) mass is 422 g/mol. The molecule has 1 saturated carbocycles. The number of carbonyl (C=O) groups is 3. The first-order valence-corrected chi connectivity index (χ1v) is 10.3. The molecule has 2 heterocycles. The van der Waals surface area contributed by atoms with Crippen molar-refractivity contribution in [2.24, 2.45) is 4.99 Å². The van der Waals surface area contributed by atoms with Crippen molar-refractivity contribution >= 4 is 23.4 Å². The van der Waals surface area contributed by atoms with Gasteiger partial charge < -0.3 is 0 Å². The summed E-state index contributed by atoms with van der Waals surface area (Å²) in [7, 11) is 0. The summed E-state index contributed by atoms with van der Waals surface area (Å²) in [4.78, 5) is 54.6. The molecule has 2 aromatic rings. The van der Waals surface area contributed by atoms with Crippen molar-refractivity contribution in [3.63, 3.8) is 0 Å². The van der Waals surface area contributed by atoms with Crippen LogP contribution in [-0.2, 0) is 0 Å². The van der Waals surface area contributed by atoms with Crippen LogP contribution in [0.4, 0.5) is 5.69 Å². The van der Waals surface area contributed by atoms with Gasteiger partial charge in [0.25, 0.3) is 23.4 Å². The Morgan fingerprint density at radius 3 is 2.61 bits per heavy atom. The number of pyridine rings is 1. The van der Waals surface area contributed by atoms with Crippen LogP contribution in [0, 0.1) is 17.0 Å². The SMILES string of the molecule is Cc1ccn(C(=O)CN2C(=O)c3cccc([N+](=O)[O-])c3C2=O)c(=NC2CCCCC2)c1. The number of carbonyl (C=O) groups excluding carboxylic acids is 3. The maximum Gasteiger partial charge on any atom is 0.282 e. The number of hydrogen-bond acceptors (Lipinski definition) is 6. The summed E-state index contributed by atoms with van der Waals surface area (Å²) in [5, 5.41) is 11.3. The lowest BCUT2D eigenvalue weighted by atomic mass is 9.96. The van der Waals surface area contributed by atoms with Crippen LogP contribution < -0.4 is 5.49 Å². The van der Waals surface area contributed by atoms with Crippen molar-refractivity contribution in [1.29, 1.82) is 0 Å². The molecule has 9 nitrogen and oxygen atoms in total. The standard InChI is InChI=1S/C22H22N4O5/c1-14-10-11-24(18(12-14)23-15-6-3-2-4-7-15)19(27)13-25-21(28)16-8-5-9-17(26(30)31)20(16)22(25)29/h5,8-12,15H,2-4,6-7,13H2,1H3. The Morgan fingerprint density at radius 1 is 1.16 bits per heavy atom. The zero-order valence-corrected chi connectivity index (χ0v) is 17.1. The first kappa shape index (κ1) is 20.6. The topological polar surface area (TPSA) is 115 Å². The fourth-order valence-corrected chi connectivity index (χ4v) is 4.12. The van der Waals surface area contributed by atoms with Crippen molar-refractivity contribution < 1.29 is 19.3 Å². The molecule has 2 amide bonds. The number of aryl methyl sites for hydroxylation is 1. The van der Waals surface area contributed by atoms with Crippen LogP contribution in [0.1, 0.15) is 63.2 Å². The summed E-state index contributed by atoms with van der Waals surface area (Å²) >= 11 is 0. The van der Waals surface area contributed by atoms with Gasteiger partial charge in [0, 0.05) is 12.3 Å². The molecule has 0 atom stereocenters. The second kappa shape index (κ2) is 8.25. The molecular weight excluding hydrogens is 400 g/mol. The maximum atomic E-state index is 13.1. The van der Waals surface area contributed by atoms with Crippen molar-refractivity contribution in [3.8, 4) is 0 Å². The average Bonchev–Trinajstić information content (AvgIpc) is 2.99. The molecule has 0 saturated heterocycles. The molecule has 0 radical (unpaired) electrons. The van der Waals surface area contributed by atoms with Gasteiger partial charge in [-0.3, -0.25) is 39.0 Å². The highest BCUT2D eigenvalue weighted by molar-refractivity contribution is 6.24. The zero-order chi connectivity index (χ0) is 22.1. The number of aromatic nitrogens is 1. The molecule has 160 valence electrons. The van der Waals surface area contributed by atoms with Crippen LogP contribution >= 0.6 is 0 Å². The smallest absolute Gasteiger partial charge is 0.272 e. The highest BCUT2D eigenvalue weighted by Gasteiger charge is 2.41. The molecule has 2 aliphatic rings.